The van der Waals surface area contributed by atoms with E-state index in [1.807, 2.05) is 6.92 Å². The van der Waals surface area contributed by atoms with Gasteiger partial charge in [0.2, 0.25) is 0 Å². The molecular weight excluding hydrogens is 708 g/mol. The van der Waals surface area contributed by atoms with Gasteiger partial charge >= 0.3 is 29.8 Å². The van der Waals surface area contributed by atoms with E-state index in [-0.39, 0.29) is 58.0 Å². The number of carboxylic acid groups (broad SMARTS) is 1. The lowest BCUT2D eigenvalue weighted by molar-refractivity contribution is -0.173. The highest BCUT2D eigenvalue weighted by molar-refractivity contribution is 6.00. The van der Waals surface area contributed by atoms with Crippen molar-refractivity contribution in [2.75, 3.05) is 26.4 Å². The molecule has 0 aliphatic carbocycles. The Morgan fingerprint density at radius 3 is 1.36 bits per heavy atom. The van der Waals surface area contributed by atoms with Gasteiger partial charge in [-0.2, -0.15) is 0 Å². The predicted octanol–water partition coefficient (Wildman–Crippen LogP) is 8.77. The fourth-order valence-corrected chi connectivity index (χ4v) is 6.45. The van der Waals surface area contributed by atoms with Gasteiger partial charge < -0.3 is 24.1 Å². The van der Waals surface area contributed by atoms with Gasteiger partial charge in [0.05, 0.1) is 26.4 Å². The monoisotopic (exact) mass is 783 g/mol. The molecule has 0 aromatic rings. The van der Waals surface area contributed by atoms with Gasteiger partial charge in [0.25, 0.3) is 0 Å². The maximum Gasteiger partial charge on any atom is 0.323 e. The molecule has 0 spiro atoms. The maximum atomic E-state index is 13.2. The van der Waals surface area contributed by atoms with E-state index in [2.05, 4.69) is 13.8 Å². The van der Waals surface area contributed by atoms with E-state index >= 15 is 0 Å². The second-order valence-electron chi connectivity index (χ2n) is 15.8. The van der Waals surface area contributed by atoms with Crippen LogP contribution in [0.15, 0.2) is 0 Å². The SMILES string of the molecule is CCOC(=O)C(C)(CCCCC(C(=O)O)C(=O)CCCCCC(C)(C(=O)OCC)C(=O)OCC(C)CCCCCC(=O)CCCCCC(C)C)C(=O)OCC. The van der Waals surface area contributed by atoms with Gasteiger partial charge in [-0.15, -0.1) is 0 Å². The normalized spacial score (nSPS) is 13.7. The summed E-state index contributed by atoms with van der Waals surface area (Å²) in [6.07, 6.45) is 11.5. The molecule has 318 valence electrons. The van der Waals surface area contributed by atoms with Gasteiger partial charge in [-0.3, -0.25) is 33.6 Å². The van der Waals surface area contributed by atoms with Gasteiger partial charge in [0, 0.05) is 19.3 Å². The fourth-order valence-electron chi connectivity index (χ4n) is 6.45. The number of ether oxygens (including phenoxy) is 4. The van der Waals surface area contributed by atoms with Crippen LogP contribution in [0.1, 0.15) is 177 Å². The molecule has 0 fully saturated rings. The molecule has 0 heterocycles. The van der Waals surface area contributed by atoms with E-state index in [1.54, 1.807) is 20.8 Å². The van der Waals surface area contributed by atoms with Crippen LogP contribution >= 0.6 is 0 Å². The molecule has 1 N–H and O–H groups in total. The van der Waals surface area contributed by atoms with Crippen LogP contribution in [0, 0.1) is 28.6 Å². The first-order valence-corrected chi connectivity index (χ1v) is 21.0. The Kier molecular flexibility index (Phi) is 27.3. The van der Waals surface area contributed by atoms with E-state index in [1.165, 1.54) is 26.7 Å². The second-order valence-corrected chi connectivity index (χ2v) is 15.8. The number of ketones is 2. The number of Topliss-reactive ketones (excluding diaryl/α,β-unsaturated/α-hetero) is 2. The molecule has 0 aliphatic heterocycles. The Labute approximate surface area is 330 Å². The number of aliphatic carboxylic acids is 1. The van der Waals surface area contributed by atoms with Crippen molar-refractivity contribution in [1.82, 2.24) is 0 Å². The third-order valence-corrected chi connectivity index (χ3v) is 10.2. The number of carbonyl (C=O) groups is 7. The highest BCUT2D eigenvalue weighted by Gasteiger charge is 2.45. The van der Waals surface area contributed by atoms with Gasteiger partial charge in [-0.1, -0.05) is 78.6 Å². The van der Waals surface area contributed by atoms with Gasteiger partial charge in [0.15, 0.2) is 10.8 Å². The zero-order chi connectivity index (χ0) is 41.9. The Balaban J connectivity index is 4.80. The molecular formula is C43H74O12. The summed E-state index contributed by atoms with van der Waals surface area (Å²) in [5.41, 5.74) is -3.04. The minimum Gasteiger partial charge on any atom is -0.481 e. The first-order chi connectivity index (χ1) is 26.0. The zero-order valence-electron chi connectivity index (χ0n) is 35.4. The molecule has 0 aromatic carbocycles. The lowest BCUT2D eigenvalue weighted by Gasteiger charge is -2.26. The molecule has 12 heteroatoms. The fraction of sp³-hybridized carbons (Fsp3) is 0.837. The average molecular weight is 783 g/mol. The van der Waals surface area contributed by atoms with Crippen molar-refractivity contribution in [3.63, 3.8) is 0 Å². The van der Waals surface area contributed by atoms with Crippen molar-refractivity contribution in [1.29, 1.82) is 0 Å². The van der Waals surface area contributed by atoms with Crippen LogP contribution in [0.3, 0.4) is 0 Å². The lowest BCUT2D eigenvalue weighted by Crippen LogP contribution is -2.40. The van der Waals surface area contributed by atoms with Crippen LogP contribution in [0.2, 0.25) is 0 Å². The average Bonchev–Trinajstić information content (AvgIpc) is 3.12. The molecule has 3 atom stereocenters. The number of esters is 4. The van der Waals surface area contributed by atoms with E-state index < -0.39 is 52.4 Å². The molecule has 0 radical (unpaired) electrons. The Morgan fingerprint density at radius 1 is 0.509 bits per heavy atom. The molecule has 55 heavy (non-hydrogen) atoms. The molecule has 0 amide bonds. The number of unbranched alkanes of at least 4 members (excludes halogenated alkanes) is 7. The summed E-state index contributed by atoms with van der Waals surface area (Å²) in [5, 5.41) is 9.75. The second kappa shape index (κ2) is 29.0. The van der Waals surface area contributed by atoms with Crippen molar-refractivity contribution in [3.05, 3.63) is 0 Å². The first-order valence-electron chi connectivity index (χ1n) is 21.0. The molecule has 0 saturated heterocycles. The highest BCUT2D eigenvalue weighted by atomic mass is 16.6. The Bertz CT molecular complexity index is 1160. The van der Waals surface area contributed by atoms with Crippen LogP contribution in [0.4, 0.5) is 0 Å². The number of carboxylic acids is 1. The number of carbonyl (C=O) groups excluding carboxylic acids is 6. The summed E-state index contributed by atoms with van der Waals surface area (Å²) in [4.78, 5) is 88.2. The number of hydrogen-bond donors (Lipinski definition) is 1. The summed E-state index contributed by atoms with van der Waals surface area (Å²) < 4.78 is 21.0. The first kappa shape index (κ1) is 51.7. The Morgan fingerprint density at radius 2 is 0.909 bits per heavy atom. The van der Waals surface area contributed by atoms with Gasteiger partial charge in [-0.05, 0) is 91.4 Å². The van der Waals surface area contributed by atoms with Crippen molar-refractivity contribution >= 4 is 41.4 Å². The van der Waals surface area contributed by atoms with Gasteiger partial charge in [0.1, 0.15) is 17.5 Å². The number of rotatable bonds is 34. The highest BCUT2D eigenvalue weighted by Crippen LogP contribution is 2.31. The lowest BCUT2D eigenvalue weighted by atomic mass is 9.83. The summed E-state index contributed by atoms with van der Waals surface area (Å²) in [6.45, 7) is 14.8. The van der Waals surface area contributed by atoms with Crippen LogP contribution in [-0.4, -0.2) is 72.9 Å². The predicted molar refractivity (Wildman–Crippen MR) is 210 cm³/mol. The van der Waals surface area contributed by atoms with Crippen molar-refractivity contribution < 1.29 is 57.6 Å². The largest absolute Gasteiger partial charge is 0.481 e. The molecule has 12 nitrogen and oxygen atoms in total. The molecule has 0 saturated carbocycles. The zero-order valence-corrected chi connectivity index (χ0v) is 35.4. The third-order valence-electron chi connectivity index (χ3n) is 10.2. The molecule has 0 bridgehead atoms. The van der Waals surface area contributed by atoms with Crippen molar-refractivity contribution in [3.8, 4) is 0 Å². The van der Waals surface area contributed by atoms with E-state index in [9.17, 15) is 38.7 Å². The minimum atomic E-state index is -1.52. The quantitative estimate of drug-likeness (QED) is 0.0285. The molecule has 0 aliphatic rings. The summed E-state index contributed by atoms with van der Waals surface area (Å²) >= 11 is 0. The van der Waals surface area contributed by atoms with Crippen LogP contribution < -0.4 is 0 Å². The molecule has 3 unspecified atom stereocenters. The molecule has 0 aromatic heterocycles. The topological polar surface area (TPSA) is 177 Å². The summed E-state index contributed by atoms with van der Waals surface area (Å²) in [7, 11) is 0. The summed E-state index contributed by atoms with van der Waals surface area (Å²) in [5.74, 6) is -4.49. The van der Waals surface area contributed by atoms with Gasteiger partial charge in [-0.25, -0.2) is 0 Å². The third kappa shape index (κ3) is 21.0. The van der Waals surface area contributed by atoms with E-state index in [0.29, 0.717) is 56.6 Å². The van der Waals surface area contributed by atoms with E-state index in [0.717, 1.165) is 38.5 Å². The maximum absolute atomic E-state index is 13.2. The van der Waals surface area contributed by atoms with Crippen molar-refractivity contribution in [2.45, 2.75) is 177 Å². The van der Waals surface area contributed by atoms with Crippen LogP contribution in [0.25, 0.3) is 0 Å². The van der Waals surface area contributed by atoms with Crippen LogP contribution in [-0.2, 0) is 52.5 Å². The summed E-state index contributed by atoms with van der Waals surface area (Å²) in [6, 6.07) is 0. The standard InChI is InChI=1S/C43H74O12/c1-9-52-38(48)42(7,39(49)53-10-2)30-22-20-27-35(37(46)47)36(45)28-19-14-21-29-43(8,40(50)54-11-3)41(51)55-31-33(6)24-16-13-18-26-34(44)25-17-12-15-23-32(4)5/h32-33,35H,9-31H2,1-8H3,(H,46,47). The van der Waals surface area contributed by atoms with Crippen molar-refractivity contribution in [2.24, 2.45) is 28.6 Å². The van der Waals surface area contributed by atoms with Crippen LogP contribution in [0.5, 0.6) is 0 Å². The minimum absolute atomic E-state index is 0.0189. The number of hydrogen-bond acceptors (Lipinski definition) is 11. The smallest absolute Gasteiger partial charge is 0.323 e. The van der Waals surface area contributed by atoms with E-state index in [4.69, 9.17) is 18.9 Å². The molecule has 0 rings (SSSR count). The Hall–Kier alpha value is -3.31.